The molecule has 8 rings (SSSR count). The van der Waals surface area contributed by atoms with E-state index in [2.05, 4.69) is 80.1 Å². The Kier molecular flexibility index (Phi) is 12.3. The van der Waals surface area contributed by atoms with Crippen LogP contribution in [0.1, 0.15) is 25.7 Å². The van der Waals surface area contributed by atoms with Crippen LogP contribution in [0.4, 0.5) is 40.2 Å². The molecule has 0 spiro atoms. The molecule has 0 bridgehead atoms. The molecule has 15 nitrogen and oxygen atoms in total. The van der Waals surface area contributed by atoms with Crippen molar-refractivity contribution in [3.05, 3.63) is 72.1 Å². The Bertz CT molecular complexity index is 2190. The van der Waals surface area contributed by atoms with Gasteiger partial charge in [0.15, 0.2) is 5.82 Å². The monoisotopic (exact) mass is 841 g/mol. The number of piperazine rings is 1. The van der Waals surface area contributed by atoms with Crippen molar-refractivity contribution in [2.45, 2.75) is 37.8 Å². The van der Waals surface area contributed by atoms with Crippen LogP contribution in [0, 0.1) is 5.92 Å². The van der Waals surface area contributed by atoms with Crippen LogP contribution in [0.2, 0.25) is 5.02 Å². The van der Waals surface area contributed by atoms with Gasteiger partial charge in [-0.1, -0.05) is 11.6 Å². The van der Waals surface area contributed by atoms with E-state index in [0.29, 0.717) is 58.3 Å². The summed E-state index contributed by atoms with van der Waals surface area (Å²) in [5.41, 5.74) is 4.54. The quantitative estimate of drug-likeness (QED) is 0.103. The summed E-state index contributed by atoms with van der Waals surface area (Å²) in [5, 5.41) is 13.1. The number of benzene rings is 2. The van der Waals surface area contributed by atoms with Gasteiger partial charge in [-0.15, -0.1) is 0 Å². The highest BCUT2D eigenvalue weighted by Gasteiger charge is 2.33. The lowest BCUT2D eigenvalue weighted by molar-refractivity contribution is -0.133. The van der Waals surface area contributed by atoms with Crippen LogP contribution in [0.15, 0.2) is 67.1 Å². The van der Waals surface area contributed by atoms with E-state index in [9.17, 15) is 14.2 Å². The summed E-state index contributed by atoms with van der Waals surface area (Å²) < 4.78 is 18.7. The number of ether oxygens (including phenoxy) is 1. The summed E-state index contributed by atoms with van der Waals surface area (Å²) in [6.45, 7) is 13.1. The van der Waals surface area contributed by atoms with E-state index in [-0.39, 0.29) is 17.9 Å². The highest BCUT2D eigenvalue weighted by Crippen LogP contribution is 2.39. The predicted molar refractivity (Wildman–Crippen MR) is 235 cm³/mol. The van der Waals surface area contributed by atoms with Crippen molar-refractivity contribution in [3.8, 4) is 5.75 Å². The first-order chi connectivity index (χ1) is 28.5. The number of anilines is 7. The Hall–Kier alpha value is -4.95. The maximum atomic E-state index is 12.9. The van der Waals surface area contributed by atoms with Crippen molar-refractivity contribution in [2.24, 2.45) is 5.92 Å². The van der Waals surface area contributed by atoms with Crippen LogP contribution in [0.3, 0.4) is 0 Å². The summed E-state index contributed by atoms with van der Waals surface area (Å²) in [4.78, 5) is 46.9. The number of hydrogen-bond donors (Lipinski definition) is 4. The van der Waals surface area contributed by atoms with E-state index < -0.39 is 7.14 Å². The van der Waals surface area contributed by atoms with E-state index in [4.69, 9.17) is 16.3 Å². The SMILES string of the molecule is COc1cc(N2CCC(N3CCN(CC4CN(c5ccc(NC6CCC(=O)NC6=O)cc5)C4)CC3)CC2)ccc1Nc1ncc(Cl)c(Nc2cnccc2P(C)(C)=O)n1. The molecule has 2 aromatic heterocycles. The molecular formula is C42H53ClN11O4P. The van der Waals surface area contributed by atoms with E-state index in [1.807, 2.05) is 18.2 Å². The molecule has 4 aromatic rings. The van der Waals surface area contributed by atoms with Crippen LogP contribution >= 0.6 is 18.7 Å². The average Bonchev–Trinajstić information content (AvgIpc) is 3.22. The zero-order chi connectivity index (χ0) is 41.1. The number of imide groups is 1. The van der Waals surface area contributed by atoms with E-state index >= 15 is 0 Å². The molecule has 1 atom stereocenters. The highest BCUT2D eigenvalue weighted by atomic mass is 35.5. The second-order valence-corrected chi connectivity index (χ2v) is 19.9. The minimum Gasteiger partial charge on any atom is -0.494 e. The van der Waals surface area contributed by atoms with Gasteiger partial charge >= 0.3 is 0 Å². The summed E-state index contributed by atoms with van der Waals surface area (Å²) in [6.07, 6.45) is 7.90. The zero-order valence-electron chi connectivity index (χ0n) is 33.9. The Balaban J connectivity index is 0.773. The summed E-state index contributed by atoms with van der Waals surface area (Å²) in [7, 11) is -0.914. The van der Waals surface area contributed by atoms with Crippen molar-refractivity contribution in [1.82, 2.24) is 30.1 Å². The lowest BCUT2D eigenvalue weighted by Crippen LogP contribution is -2.57. The van der Waals surface area contributed by atoms with Crippen molar-refractivity contribution in [3.63, 3.8) is 0 Å². The second-order valence-electron chi connectivity index (χ2n) is 16.3. The molecule has 17 heteroatoms. The third kappa shape index (κ3) is 9.75. The van der Waals surface area contributed by atoms with E-state index in [1.54, 1.807) is 38.9 Å². The molecule has 0 radical (unpaired) electrons. The first-order valence-electron chi connectivity index (χ1n) is 20.4. The third-order valence-electron chi connectivity index (χ3n) is 11.8. The van der Waals surface area contributed by atoms with Crippen LogP contribution in [0.25, 0.3) is 0 Å². The third-order valence-corrected chi connectivity index (χ3v) is 13.7. The van der Waals surface area contributed by atoms with Gasteiger partial charge < -0.3 is 40.0 Å². The molecule has 59 heavy (non-hydrogen) atoms. The number of methoxy groups -OCH3 is 1. The van der Waals surface area contributed by atoms with Crippen LogP contribution < -0.4 is 41.1 Å². The lowest BCUT2D eigenvalue weighted by Gasteiger charge is -2.46. The number of hydrogen-bond acceptors (Lipinski definition) is 14. The van der Waals surface area contributed by atoms with Gasteiger partial charge in [-0.05, 0) is 75.1 Å². The summed E-state index contributed by atoms with van der Waals surface area (Å²) >= 11 is 6.47. The van der Waals surface area contributed by atoms with Crippen molar-refractivity contribution >= 4 is 76.1 Å². The van der Waals surface area contributed by atoms with Gasteiger partial charge in [0.05, 0.1) is 30.9 Å². The number of carbonyl (C=O) groups is 2. The molecule has 0 saturated carbocycles. The smallest absolute Gasteiger partial charge is 0.249 e. The van der Waals surface area contributed by atoms with E-state index in [1.165, 1.54) is 11.9 Å². The van der Waals surface area contributed by atoms with E-state index in [0.717, 1.165) is 88.8 Å². The maximum Gasteiger partial charge on any atom is 0.249 e. The molecule has 4 aliphatic rings. The fourth-order valence-corrected chi connectivity index (χ4v) is 9.82. The summed E-state index contributed by atoms with van der Waals surface area (Å²) in [5.74, 6) is 1.62. The number of halogens is 1. The number of piperidine rings is 2. The molecule has 312 valence electrons. The molecule has 4 fully saturated rings. The summed E-state index contributed by atoms with van der Waals surface area (Å²) in [6, 6.07) is 16.4. The number of aromatic nitrogens is 3. The number of pyridine rings is 1. The molecule has 6 heterocycles. The van der Waals surface area contributed by atoms with Gasteiger partial charge in [0.2, 0.25) is 17.8 Å². The standard InChI is InChI=1S/C42H53ClN11O4P/c1-58-37-22-32(8-9-34(37)48-42-45-23-33(43)40(50-42)47-36-24-44-15-12-38(36)59(2,3)57)52-16-13-31(14-17-52)53-20-18-51(19-21-53)25-28-26-54(27-28)30-6-4-29(5-7-30)46-35-10-11-39(55)49-41(35)56/h4-9,12,15,22-24,28,31,35,46H,10-11,13-14,16-21,25-27H2,1-3H3,(H,49,55,56)(H2,45,47,48,50). The average molecular weight is 842 g/mol. The molecule has 1 unspecified atom stereocenters. The normalized spacial score (nSPS) is 19.9. The molecule has 4 aliphatic heterocycles. The minimum absolute atomic E-state index is 0.200. The Morgan fingerprint density at radius 3 is 2.34 bits per heavy atom. The molecule has 4 saturated heterocycles. The van der Waals surface area contributed by atoms with Gasteiger partial charge in [-0.25, -0.2) is 4.98 Å². The Morgan fingerprint density at radius 2 is 1.63 bits per heavy atom. The first-order valence-corrected chi connectivity index (χ1v) is 23.4. The van der Waals surface area contributed by atoms with Crippen molar-refractivity contribution < 1.29 is 18.9 Å². The minimum atomic E-state index is -2.58. The number of nitrogens with zero attached hydrogens (tertiary/aromatic N) is 7. The highest BCUT2D eigenvalue weighted by molar-refractivity contribution is 7.70. The first kappa shape index (κ1) is 40.8. The Morgan fingerprint density at radius 1 is 0.881 bits per heavy atom. The number of nitrogens with one attached hydrogen (secondary N) is 4. The number of amides is 2. The zero-order valence-corrected chi connectivity index (χ0v) is 35.5. The van der Waals surface area contributed by atoms with Gasteiger partial charge in [0.25, 0.3) is 0 Å². The topological polar surface area (TPSA) is 160 Å². The number of carbonyl (C=O) groups excluding carboxylic acids is 2. The second kappa shape index (κ2) is 17.7. The molecule has 2 aromatic carbocycles. The molecular weight excluding hydrogens is 789 g/mol. The van der Waals surface area contributed by atoms with Gasteiger partial charge in [-0.3, -0.25) is 24.8 Å². The van der Waals surface area contributed by atoms with Crippen LogP contribution in [-0.2, 0) is 14.2 Å². The molecule has 2 amide bonds. The predicted octanol–water partition coefficient (Wildman–Crippen LogP) is 5.21. The fourth-order valence-electron chi connectivity index (χ4n) is 8.56. The fraction of sp³-hybridized carbons (Fsp3) is 0.452. The van der Waals surface area contributed by atoms with Crippen LogP contribution in [-0.4, -0.2) is 128 Å². The molecule has 4 N–H and O–H groups in total. The number of rotatable bonds is 13. The van der Waals surface area contributed by atoms with Gasteiger partial charge in [-0.2, -0.15) is 4.98 Å². The molecule has 0 aliphatic carbocycles. The van der Waals surface area contributed by atoms with Gasteiger partial charge in [0.1, 0.15) is 24.0 Å². The van der Waals surface area contributed by atoms with Crippen molar-refractivity contribution in [2.75, 3.05) is 105 Å². The van der Waals surface area contributed by atoms with Crippen LogP contribution in [0.5, 0.6) is 5.75 Å². The lowest BCUT2D eigenvalue weighted by atomic mass is 9.97. The largest absolute Gasteiger partial charge is 0.494 e. The maximum absolute atomic E-state index is 12.9. The Labute approximate surface area is 350 Å². The van der Waals surface area contributed by atoms with Crippen molar-refractivity contribution in [1.29, 1.82) is 0 Å². The van der Waals surface area contributed by atoms with Gasteiger partial charge in [0, 0.05) is 112 Å².